The number of anilines is 1. The number of carbonyl (C=O) groups excluding carboxylic acids is 1. The van der Waals surface area contributed by atoms with Gasteiger partial charge in [-0.1, -0.05) is 17.8 Å². The molecule has 2 heterocycles. The lowest BCUT2D eigenvalue weighted by atomic mass is 10.2. The fraction of sp³-hybridized carbons (Fsp3) is 0.278. The van der Waals surface area contributed by atoms with E-state index >= 15 is 0 Å². The Bertz CT molecular complexity index is 1270. The number of thioether (sulfide) groups is 1. The minimum Gasteiger partial charge on any atom is -0.325 e. The van der Waals surface area contributed by atoms with E-state index < -0.39 is 28.9 Å². The van der Waals surface area contributed by atoms with Crippen LogP contribution in [0.5, 0.6) is 0 Å². The summed E-state index contributed by atoms with van der Waals surface area (Å²) in [7, 11) is 2.78. The molecule has 12 heteroatoms. The zero-order chi connectivity index (χ0) is 22.2. The number of aryl methyl sites for hydroxylation is 2. The molecule has 0 fully saturated rings. The van der Waals surface area contributed by atoms with E-state index in [9.17, 15) is 27.6 Å². The third-order valence-electron chi connectivity index (χ3n) is 4.19. The minimum absolute atomic E-state index is 0.00235. The van der Waals surface area contributed by atoms with E-state index in [0.29, 0.717) is 5.82 Å². The Kier molecular flexibility index (Phi) is 5.70. The number of rotatable bonds is 4. The molecule has 0 aliphatic rings. The normalized spacial score (nSPS) is 11.7. The van der Waals surface area contributed by atoms with Gasteiger partial charge in [-0.15, -0.1) is 0 Å². The van der Waals surface area contributed by atoms with Crippen molar-refractivity contribution in [1.29, 1.82) is 0 Å². The molecule has 2 aromatic heterocycles. The predicted molar refractivity (Wildman–Crippen MR) is 106 cm³/mol. The number of alkyl halides is 3. The maximum Gasteiger partial charge on any atom is 0.416 e. The number of nitrogens with one attached hydrogen (secondary N) is 1. The summed E-state index contributed by atoms with van der Waals surface area (Å²) in [6, 6.07) is 4.27. The van der Waals surface area contributed by atoms with Crippen LogP contribution in [0.25, 0.3) is 11.0 Å². The number of hydrogen-bond acceptors (Lipinski definition) is 6. The van der Waals surface area contributed by atoms with Crippen LogP contribution in [-0.2, 0) is 25.1 Å². The van der Waals surface area contributed by atoms with Crippen molar-refractivity contribution in [3.63, 3.8) is 0 Å². The first-order valence-corrected chi connectivity index (χ1v) is 9.52. The second-order valence-electron chi connectivity index (χ2n) is 6.40. The summed E-state index contributed by atoms with van der Waals surface area (Å²) in [4.78, 5) is 45.2. The largest absolute Gasteiger partial charge is 0.416 e. The van der Waals surface area contributed by atoms with Gasteiger partial charge in [-0.2, -0.15) is 13.2 Å². The Morgan fingerprint density at radius 3 is 2.53 bits per heavy atom. The molecule has 8 nitrogen and oxygen atoms in total. The SMILES string of the molecule is Cc1nc(SCC(=O)Nc2cccc(C(F)(F)F)c2)c2c(=O)n(C)c(=O)n(C)c2n1. The highest BCUT2D eigenvalue weighted by Gasteiger charge is 2.30. The van der Waals surface area contributed by atoms with Gasteiger partial charge in [0.05, 0.1) is 11.3 Å². The molecule has 0 atom stereocenters. The summed E-state index contributed by atoms with van der Waals surface area (Å²) in [5.41, 5.74) is -1.90. The Labute approximate surface area is 171 Å². The van der Waals surface area contributed by atoms with E-state index in [1.54, 1.807) is 6.92 Å². The van der Waals surface area contributed by atoms with E-state index in [0.717, 1.165) is 28.5 Å². The van der Waals surface area contributed by atoms with Crippen LogP contribution in [0.1, 0.15) is 11.4 Å². The van der Waals surface area contributed by atoms with Gasteiger partial charge in [-0.05, 0) is 25.1 Å². The smallest absolute Gasteiger partial charge is 0.325 e. The Hall–Kier alpha value is -3.15. The summed E-state index contributed by atoms with van der Waals surface area (Å²) < 4.78 is 40.5. The molecule has 0 saturated heterocycles. The summed E-state index contributed by atoms with van der Waals surface area (Å²) in [5, 5.41) is 2.68. The van der Waals surface area contributed by atoms with Gasteiger partial charge in [0.25, 0.3) is 5.56 Å². The number of aromatic nitrogens is 4. The lowest BCUT2D eigenvalue weighted by Gasteiger charge is -2.11. The van der Waals surface area contributed by atoms with Gasteiger partial charge in [0, 0.05) is 19.8 Å². The van der Waals surface area contributed by atoms with Crippen LogP contribution in [0.3, 0.4) is 0 Å². The molecule has 30 heavy (non-hydrogen) atoms. The third kappa shape index (κ3) is 4.22. The van der Waals surface area contributed by atoms with Gasteiger partial charge in [-0.25, -0.2) is 14.8 Å². The fourth-order valence-corrected chi connectivity index (χ4v) is 3.60. The van der Waals surface area contributed by atoms with Crippen LogP contribution in [0.4, 0.5) is 18.9 Å². The van der Waals surface area contributed by atoms with E-state index in [1.165, 1.54) is 30.8 Å². The Balaban J connectivity index is 1.87. The zero-order valence-electron chi connectivity index (χ0n) is 16.1. The van der Waals surface area contributed by atoms with Crippen LogP contribution >= 0.6 is 11.8 Å². The fourth-order valence-electron chi connectivity index (χ4n) is 2.74. The molecule has 0 aliphatic carbocycles. The second kappa shape index (κ2) is 7.94. The van der Waals surface area contributed by atoms with Crippen LogP contribution in [0.15, 0.2) is 38.9 Å². The highest BCUT2D eigenvalue weighted by atomic mass is 32.2. The molecule has 0 aliphatic heterocycles. The van der Waals surface area contributed by atoms with Crippen molar-refractivity contribution in [2.24, 2.45) is 14.1 Å². The number of halogens is 3. The number of hydrogen-bond donors (Lipinski definition) is 1. The number of nitrogens with zero attached hydrogens (tertiary/aromatic N) is 4. The van der Waals surface area contributed by atoms with Crippen molar-refractivity contribution in [2.45, 2.75) is 18.1 Å². The maximum atomic E-state index is 12.8. The minimum atomic E-state index is -4.52. The molecule has 3 aromatic rings. The van der Waals surface area contributed by atoms with Crippen molar-refractivity contribution in [1.82, 2.24) is 19.1 Å². The summed E-state index contributed by atoms with van der Waals surface area (Å²) in [5.74, 6) is -0.495. The van der Waals surface area contributed by atoms with Gasteiger partial charge < -0.3 is 5.32 Å². The summed E-state index contributed by atoms with van der Waals surface area (Å²) in [6.07, 6.45) is -4.52. The maximum absolute atomic E-state index is 12.8. The molecule has 0 saturated carbocycles. The van der Waals surface area contributed by atoms with Gasteiger partial charge in [0.15, 0.2) is 5.65 Å². The molecule has 1 aromatic carbocycles. The number of amides is 1. The van der Waals surface area contributed by atoms with Gasteiger partial charge in [-0.3, -0.25) is 18.7 Å². The topological polar surface area (TPSA) is 98.9 Å². The molecule has 0 radical (unpaired) electrons. The molecule has 3 rings (SSSR count). The molecular formula is C18H16F3N5O3S. The third-order valence-corrected chi connectivity index (χ3v) is 5.17. The standard InChI is InChI=1S/C18H16F3N5O3S/c1-9-22-14-13(16(28)26(3)17(29)25(14)2)15(23-9)30-8-12(27)24-11-6-4-5-10(7-11)18(19,20)21/h4-7H,8H2,1-3H3,(H,24,27). The average molecular weight is 439 g/mol. The molecule has 0 unspecified atom stereocenters. The highest BCUT2D eigenvalue weighted by Crippen LogP contribution is 2.30. The molecule has 0 bridgehead atoms. The van der Waals surface area contributed by atoms with Crippen molar-refractivity contribution in [3.8, 4) is 0 Å². The lowest BCUT2D eigenvalue weighted by molar-refractivity contribution is -0.137. The van der Waals surface area contributed by atoms with Gasteiger partial charge in [0.2, 0.25) is 5.91 Å². The number of benzene rings is 1. The van der Waals surface area contributed by atoms with Crippen LogP contribution in [-0.4, -0.2) is 30.8 Å². The summed E-state index contributed by atoms with van der Waals surface area (Å²) >= 11 is 0.925. The first-order chi connectivity index (χ1) is 14.0. The summed E-state index contributed by atoms with van der Waals surface area (Å²) in [6.45, 7) is 1.58. The van der Waals surface area contributed by atoms with E-state index in [1.807, 2.05) is 0 Å². The molecule has 1 N–H and O–H groups in total. The highest BCUT2D eigenvalue weighted by molar-refractivity contribution is 8.00. The second-order valence-corrected chi connectivity index (χ2v) is 7.36. The Morgan fingerprint density at radius 1 is 1.17 bits per heavy atom. The van der Waals surface area contributed by atoms with Crippen LogP contribution < -0.4 is 16.6 Å². The predicted octanol–water partition coefficient (Wildman–Crippen LogP) is 2.09. The molecular weight excluding hydrogens is 423 g/mol. The quantitative estimate of drug-likeness (QED) is 0.494. The van der Waals surface area contributed by atoms with Crippen molar-refractivity contribution in [2.75, 3.05) is 11.1 Å². The molecule has 1 amide bonds. The lowest BCUT2D eigenvalue weighted by Crippen LogP contribution is -2.37. The van der Waals surface area contributed by atoms with Gasteiger partial charge in [0.1, 0.15) is 16.2 Å². The van der Waals surface area contributed by atoms with Crippen molar-refractivity contribution < 1.29 is 18.0 Å². The monoisotopic (exact) mass is 439 g/mol. The van der Waals surface area contributed by atoms with E-state index in [4.69, 9.17) is 0 Å². The zero-order valence-corrected chi connectivity index (χ0v) is 16.9. The first-order valence-electron chi connectivity index (χ1n) is 8.53. The van der Waals surface area contributed by atoms with Crippen molar-refractivity contribution >= 4 is 34.4 Å². The van der Waals surface area contributed by atoms with Gasteiger partial charge >= 0.3 is 11.9 Å². The van der Waals surface area contributed by atoms with Crippen LogP contribution in [0, 0.1) is 6.92 Å². The average Bonchev–Trinajstić information content (AvgIpc) is 2.68. The first kappa shape index (κ1) is 21.6. The van der Waals surface area contributed by atoms with E-state index in [2.05, 4.69) is 15.3 Å². The molecule has 158 valence electrons. The number of fused-ring (bicyclic) bond motifs is 1. The van der Waals surface area contributed by atoms with Crippen molar-refractivity contribution in [3.05, 3.63) is 56.5 Å². The Morgan fingerprint density at radius 2 is 1.87 bits per heavy atom. The number of carbonyl (C=O) groups is 1. The van der Waals surface area contributed by atoms with Crippen LogP contribution in [0.2, 0.25) is 0 Å². The molecule has 0 spiro atoms. The van der Waals surface area contributed by atoms with E-state index in [-0.39, 0.29) is 27.5 Å².